The van der Waals surface area contributed by atoms with E-state index < -0.39 is 11.7 Å². The number of aryl methyl sites for hydroxylation is 2. The number of nitrogens with two attached hydrogens (primary N) is 1. The van der Waals surface area contributed by atoms with Crippen molar-refractivity contribution < 1.29 is 13.2 Å². The van der Waals surface area contributed by atoms with E-state index in [4.69, 9.17) is 5.73 Å². The van der Waals surface area contributed by atoms with E-state index in [1.54, 1.807) is 30.8 Å². The lowest BCUT2D eigenvalue weighted by atomic mass is 10.1. The zero-order valence-electron chi connectivity index (χ0n) is 11.4. The maximum Gasteiger partial charge on any atom is 0.416 e. The van der Waals surface area contributed by atoms with Gasteiger partial charge in [0.05, 0.1) is 11.3 Å². The molecule has 2 heterocycles. The molecule has 4 nitrogen and oxygen atoms in total. The van der Waals surface area contributed by atoms with Gasteiger partial charge in [-0.1, -0.05) is 6.07 Å². The molecular formula is C14H13F3N4. The van der Waals surface area contributed by atoms with Crippen LogP contribution in [0, 0.1) is 0 Å². The molecule has 3 rings (SSSR count). The fourth-order valence-corrected chi connectivity index (χ4v) is 2.36. The van der Waals surface area contributed by atoms with Crippen LogP contribution in [0.25, 0.3) is 22.3 Å². The Morgan fingerprint density at radius 2 is 1.81 bits per heavy atom. The average molecular weight is 294 g/mol. The number of halogens is 3. The molecule has 0 saturated carbocycles. The van der Waals surface area contributed by atoms with E-state index in [1.165, 1.54) is 10.7 Å². The van der Waals surface area contributed by atoms with Gasteiger partial charge in [-0.05, 0) is 18.2 Å². The number of nitrogen functional groups attached to an aromatic ring is 1. The first-order chi connectivity index (χ1) is 9.77. The Balaban J connectivity index is 2.20. The van der Waals surface area contributed by atoms with Crippen LogP contribution in [0.3, 0.4) is 0 Å². The number of benzene rings is 1. The second-order valence-corrected chi connectivity index (χ2v) is 4.94. The van der Waals surface area contributed by atoms with Gasteiger partial charge in [0.2, 0.25) is 0 Å². The molecule has 110 valence electrons. The number of alkyl halides is 3. The monoisotopic (exact) mass is 294 g/mol. The summed E-state index contributed by atoms with van der Waals surface area (Å²) >= 11 is 0. The SMILES string of the molecule is Cn1nc(-c2cc3ccc(C(F)(F)F)cc3n2C)cc1N. The molecule has 21 heavy (non-hydrogen) atoms. The number of rotatable bonds is 1. The highest BCUT2D eigenvalue weighted by Crippen LogP contribution is 2.34. The van der Waals surface area contributed by atoms with Crippen LogP contribution in [0.2, 0.25) is 0 Å². The lowest BCUT2D eigenvalue weighted by Crippen LogP contribution is -2.04. The van der Waals surface area contributed by atoms with Crippen molar-refractivity contribution in [3.05, 3.63) is 35.9 Å². The van der Waals surface area contributed by atoms with E-state index >= 15 is 0 Å². The number of hydrogen-bond donors (Lipinski definition) is 1. The van der Waals surface area contributed by atoms with Crippen molar-refractivity contribution in [3.8, 4) is 11.4 Å². The van der Waals surface area contributed by atoms with E-state index in [1.807, 2.05) is 0 Å². The minimum atomic E-state index is -4.35. The Morgan fingerprint density at radius 3 is 2.38 bits per heavy atom. The van der Waals surface area contributed by atoms with Crippen LogP contribution in [-0.4, -0.2) is 14.3 Å². The maximum atomic E-state index is 12.8. The van der Waals surface area contributed by atoms with Crippen LogP contribution in [-0.2, 0) is 20.3 Å². The van der Waals surface area contributed by atoms with Gasteiger partial charge in [0.25, 0.3) is 0 Å². The minimum Gasteiger partial charge on any atom is -0.384 e. The second kappa shape index (κ2) is 4.28. The van der Waals surface area contributed by atoms with Crippen LogP contribution < -0.4 is 5.73 Å². The topological polar surface area (TPSA) is 48.8 Å². The third-order valence-corrected chi connectivity index (χ3v) is 3.55. The molecule has 0 saturated heterocycles. The average Bonchev–Trinajstić information content (AvgIpc) is 2.90. The maximum absolute atomic E-state index is 12.8. The Morgan fingerprint density at radius 1 is 1.10 bits per heavy atom. The highest BCUT2D eigenvalue weighted by atomic mass is 19.4. The molecule has 3 aromatic rings. The van der Waals surface area contributed by atoms with E-state index in [2.05, 4.69) is 5.10 Å². The van der Waals surface area contributed by atoms with Crippen molar-refractivity contribution in [3.63, 3.8) is 0 Å². The lowest BCUT2D eigenvalue weighted by molar-refractivity contribution is -0.137. The first-order valence-electron chi connectivity index (χ1n) is 6.24. The molecule has 0 amide bonds. The molecule has 0 unspecified atom stereocenters. The summed E-state index contributed by atoms with van der Waals surface area (Å²) in [5, 5.41) is 4.98. The Kier molecular flexibility index (Phi) is 2.76. The van der Waals surface area contributed by atoms with E-state index in [0.29, 0.717) is 17.0 Å². The summed E-state index contributed by atoms with van der Waals surface area (Å²) in [6.07, 6.45) is -4.35. The van der Waals surface area contributed by atoms with Gasteiger partial charge in [-0.15, -0.1) is 0 Å². The summed E-state index contributed by atoms with van der Waals surface area (Å²) in [7, 11) is 3.42. The molecule has 2 N–H and O–H groups in total. The highest BCUT2D eigenvalue weighted by Gasteiger charge is 2.30. The number of hydrogen-bond acceptors (Lipinski definition) is 2. The molecule has 0 bridgehead atoms. The van der Waals surface area contributed by atoms with Crippen molar-refractivity contribution >= 4 is 16.7 Å². The smallest absolute Gasteiger partial charge is 0.384 e. The predicted molar refractivity (Wildman–Crippen MR) is 74.5 cm³/mol. The molecule has 0 spiro atoms. The molecular weight excluding hydrogens is 281 g/mol. The van der Waals surface area contributed by atoms with E-state index in [9.17, 15) is 13.2 Å². The summed E-state index contributed by atoms with van der Waals surface area (Å²) in [5.74, 6) is 0.492. The van der Waals surface area contributed by atoms with Crippen molar-refractivity contribution in [1.82, 2.24) is 14.3 Å². The van der Waals surface area contributed by atoms with Crippen molar-refractivity contribution in [2.75, 3.05) is 5.73 Å². The normalized spacial score (nSPS) is 12.2. The molecule has 0 radical (unpaired) electrons. The predicted octanol–water partition coefficient (Wildman–Crippen LogP) is 3.18. The third kappa shape index (κ3) is 2.14. The summed E-state index contributed by atoms with van der Waals surface area (Å²) in [4.78, 5) is 0. The molecule has 0 aliphatic rings. The fourth-order valence-electron chi connectivity index (χ4n) is 2.36. The molecule has 0 aliphatic heterocycles. The van der Waals surface area contributed by atoms with Gasteiger partial charge in [0, 0.05) is 31.1 Å². The number of anilines is 1. The lowest BCUT2D eigenvalue weighted by Gasteiger charge is -2.07. The Bertz CT molecular complexity index is 807. The first kappa shape index (κ1) is 13.5. The molecule has 0 fully saturated rings. The number of aromatic nitrogens is 3. The van der Waals surface area contributed by atoms with Crippen LogP contribution in [0.5, 0.6) is 0 Å². The van der Waals surface area contributed by atoms with Crippen molar-refractivity contribution in [2.24, 2.45) is 14.1 Å². The van der Waals surface area contributed by atoms with Gasteiger partial charge in [-0.3, -0.25) is 4.68 Å². The van der Waals surface area contributed by atoms with Crippen molar-refractivity contribution in [1.29, 1.82) is 0 Å². The van der Waals surface area contributed by atoms with E-state index in [-0.39, 0.29) is 0 Å². The standard InChI is InChI=1S/C14H13F3N4/c1-20-11-6-9(14(15,16)17)4-3-8(11)5-12(20)10-7-13(18)21(2)19-10/h3-7H,18H2,1-2H3. The minimum absolute atomic E-state index is 0.492. The molecule has 1 aromatic carbocycles. The van der Waals surface area contributed by atoms with Crippen LogP contribution in [0.1, 0.15) is 5.56 Å². The molecule has 7 heteroatoms. The summed E-state index contributed by atoms with van der Waals surface area (Å²) < 4.78 is 41.6. The highest BCUT2D eigenvalue weighted by molar-refractivity contribution is 5.87. The summed E-state index contributed by atoms with van der Waals surface area (Å²) in [5.41, 5.74) is 6.93. The number of nitrogens with zero attached hydrogens (tertiary/aromatic N) is 3. The second-order valence-electron chi connectivity index (χ2n) is 4.94. The summed E-state index contributed by atoms with van der Waals surface area (Å²) in [6, 6.07) is 7.19. The quantitative estimate of drug-likeness (QED) is 0.749. The van der Waals surface area contributed by atoms with Gasteiger partial charge < -0.3 is 10.3 Å². The van der Waals surface area contributed by atoms with Gasteiger partial charge in [-0.2, -0.15) is 18.3 Å². The molecule has 0 aliphatic carbocycles. The van der Waals surface area contributed by atoms with Crippen LogP contribution in [0.15, 0.2) is 30.3 Å². The third-order valence-electron chi connectivity index (χ3n) is 3.55. The van der Waals surface area contributed by atoms with Gasteiger partial charge in [-0.25, -0.2) is 0 Å². The van der Waals surface area contributed by atoms with Gasteiger partial charge >= 0.3 is 6.18 Å². The first-order valence-corrected chi connectivity index (χ1v) is 6.24. The Hall–Kier alpha value is -2.44. The Labute approximate surface area is 118 Å². The van der Waals surface area contributed by atoms with Crippen LogP contribution >= 0.6 is 0 Å². The van der Waals surface area contributed by atoms with E-state index in [0.717, 1.165) is 23.2 Å². The molecule has 2 aromatic heterocycles. The largest absolute Gasteiger partial charge is 0.416 e. The van der Waals surface area contributed by atoms with Crippen molar-refractivity contribution in [2.45, 2.75) is 6.18 Å². The van der Waals surface area contributed by atoms with Crippen LogP contribution in [0.4, 0.5) is 19.0 Å². The van der Waals surface area contributed by atoms with Gasteiger partial charge in [0.1, 0.15) is 11.5 Å². The molecule has 0 atom stereocenters. The van der Waals surface area contributed by atoms with Gasteiger partial charge in [0.15, 0.2) is 0 Å². The zero-order chi connectivity index (χ0) is 15.4. The zero-order valence-corrected chi connectivity index (χ0v) is 11.4. The number of fused-ring (bicyclic) bond motifs is 1. The summed E-state index contributed by atoms with van der Waals surface area (Å²) in [6.45, 7) is 0. The fraction of sp³-hybridized carbons (Fsp3) is 0.214.